The summed E-state index contributed by atoms with van der Waals surface area (Å²) in [6, 6.07) is 0. The van der Waals surface area contributed by atoms with Gasteiger partial charge in [-0.25, -0.2) is 0 Å². The van der Waals surface area contributed by atoms with Gasteiger partial charge in [-0.05, 0) is 6.92 Å². The topological polar surface area (TPSA) is 29.5 Å². The average Bonchev–Trinajstić information content (AvgIpc) is 1.66. The largest absolute Gasteiger partial charge is 0.391 e. The fraction of sp³-hybridized carbons (Fsp3) is 0.667. The van der Waals surface area contributed by atoms with E-state index in [4.69, 9.17) is 9.84 Å². The first-order valence-electron chi connectivity index (χ1n) is 2.64. The van der Waals surface area contributed by atoms with Crippen LogP contribution >= 0.6 is 0 Å². The van der Waals surface area contributed by atoms with Crippen LogP contribution in [0.15, 0.2) is 12.7 Å². The molecule has 0 spiro atoms. The van der Waals surface area contributed by atoms with Crippen LogP contribution in [0.4, 0.5) is 0 Å². The number of aliphatic hydroxyl groups is 1. The Morgan fingerprint density at radius 3 is 2.88 bits per heavy atom. The Kier molecular flexibility index (Phi) is 4.61. The molecule has 8 heavy (non-hydrogen) atoms. The monoisotopic (exact) mass is 116 g/mol. The Morgan fingerprint density at radius 2 is 2.50 bits per heavy atom. The Morgan fingerprint density at radius 1 is 1.88 bits per heavy atom. The highest BCUT2D eigenvalue weighted by molar-refractivity contribution is 4.63. The molecule has 48 valence electrons. The van der Waals surface area contributed by atoms with Crippen LogP contribution in [-0.4, -0.2) is 24.4 Å². The molecule has 0 rings (SSSR count). The van der Waals surface area contributed by atoms with Crippen molar-refractivity contribution >= 4 is 0 Å². The summed E-state index contributed by atoms with van der Waals surface area (Å²) >= 11 is 0. The van der Waals surface area contributed by atoms with E-state index in [2.05, 4.69) is 6.58 Å². The van der Waals surface area contributed by atoms with Crippen LogP contribution in [0.2, 0.25) is 0 Å². The van der Waals surface area contributed by atoms with Gasteiger partial charge in [0.15, 0.2) is 0 Å². The lowest BCUT2D eigenvalue weighted by Gasteiger charge is -2.01. The minimum absolute atomic E-state index is 0.366. The maximum Gasteiger partial charge on any atom is 0.0745 e. The number of rotatable bonds is 4. The first-order chi connectivity index (χ1) is 3.77. The van der Waals surface area contributed by atoms with Crippen molar-refractivity contribution in [2.45, 2.75) is 13.0 Å². The van der Waals surface area contributed by atoms with Crippen molar-refractivity contribution in [1.29, 1.82) is 0 Å². The van der Waals surface area contributed by atoms with Crippen LogP contribution in [0.3, 0.4) is 0 Å². The Labute approximate surface area is 49.8 Å². The zero-order valence-corrected chi connectivity index (χ0v) is 5.13. The van der Waals surface area contributed by atoms with E-state index < -0.39 is 0 Å². The van der Waals surface area contributed by atoms with Gasteiger partial charge in [0.05, 0.1) is 19.3 Å². The zero-order valence-electron chi connectivity index (χ0n) is 5.13. The molecule has 2 heteroatoms. The third kappa shape index (κ3) is 5.66. The van der Waals surface area contributed by atoms with Gasteiger partial charge in [0.25, 0.3) is 0 Å². The van der Waals surface area contributed by atoms with E-state index in [9.17, 15) is 0 Å². The second-order valence-corrected chi connectivity index (χ2v) is 1.68. The quantitative estimate of drug-likeness (QED) is 0.430. The van der Waals surface area contributed by atoms with Crippen LogP contribution in [0.25, 0.3) is 0 Å². The van der Waals surface area contributed by atoms with Crippen molar-refractivity contribution in [1.82, 2.24) is 0 Å². The molecule has 0 fully saturated rings. The molecule has 1 N–H and O–H groups in total. The number of ether oxygens (including phenoxy) is 1. The summed E-state index contributed by atoms with van der Waals surface area (Å²) in [6.45, 7) is 6.05. The van der Waals surface area contributed by atoms with Gasteiger partial charge >= 0.3 is 0 Å². The lowest BCUT2D eigenvalue weighted by Crippen LogP contribution is -2.09. The first-order valence-corrected chi connectivity index (χ1v) is 2.64. The lowest BCUT2D eigenvalue weighted by molar-refractivity contribution is 0.0599. The molecule has 0 aromatic rings. The third-order valence-corrected chi connectivity index (χ3v) is 0.595. The predicted molar refractivity (Wildman–Crippen MR) is 32.7 cm³/mol. The second-order valence-electron chi connectivity index (χ2n) is 1.68. The highest BCUT2D eigenvalue weighted by Crippen LogP contribution is 1.81. The van der Waals surface area contributed by atoms with E-state index in [1.54, 1.807) is 13.0 Å². The van der Waals surface area contributed by atoms with E-state index in [-0.39, 0.29) is 6.10 Å². The van der Waals surface area contributed by atoms with Gasteiger partial charge in [-0.3, -0.25) is 0 Å². The maximum absolute atomic E-state index is 8.62. The molecule has 0 bridgehead atoms. The molecular formula is C6H12O2. The predicted octanol–water partition coefficient (Wildman–Crippen LogP) is 0.570. The summed E-state index contributed by atoms with van der Waals surface area (Å²) < 4.78 is 4.88. The Hall–Kier alpha value is -0.340. The van der Waals surface area contributed by atoms with Crippen LogP contribution in [0, 0.1) is 0 Å². The molecule has 2 nitrogen and oxygen atoms in total. The average molecular weight is 116 g/mol. The Bertz CT molecular complexity index is 59.5. The second kappa shape index (κ2) is 4.81. The molecule has 0 saturated carbocycles. The summed E-state index contributed by atoms with van der Waals surface area (Å²) in [5, 5.41) is 8.62. The Balaban J connectivity index is 2.81. The van der Waals surface area contributed by atoms with Crippen LogP contribution in [-0.2, 0) is 4.74 Å². The van der Waals surface area contributed by atoms with Crippen molar-refractivity contribution < 1.29 is 9.84 Å². The van der Waals surface area contributed by atoms with Gasteiger partial charge in [0.1, 0.15) is 0 Å². The molecule has 0 heterocycles. The number of aliphatic hydroxyl groups excluding tert-OH is 1. The van der Waals surface area contributed by atoms with E-state index in [0.29, 0.717) is 13.2 Å². The highest BCUT2D eigenvalue weighted by atomic mass is 16.5. The van der Waals surface area contributed by atoms with Gasteiger partial charge < -0.3 is 9.84 Å². The van der Waals surface area contributed by atoms with Gasteiger partial charge in [-0.15, -0.1) is 6.58 Å². The van der Waals surface area contributed by atoms with E-state index in [1.807, 2.05) is 0 Å². The maximum atomic E-state index is 8.62. The highest BCUT2D eigenvalue weighted by Gasteiger charge is 1.90. The number of hydrogen-bond donors (Lipinski definition) is 1. The standard InChI is InChI=1S/C6H12O2/c1-3-4-8-5-6(2)7/h3,6-7H,1,4-5H2,2H3/t6-/m0/s1. The van der Waals surface area contributed by atoms with Crippen molar-refractivity contribution in [3.63, 3.8) is 0 Å². The summed E-state index contributed by atoms with van der Waals surface area (Å²) in [5.74, 6) is 0. The molecule has 1 atom stereocenters. The van der Waals surface area contributed by atoms with Crippen molar-refractivity contribution in [2.75, 3.05) is 13.2 Å². The summed E-state index contributed by atoms with van der Waals surface area (Å²) in [5.41, 5.74) is 0. The molecule has 0 aromatic heterocycles. The summed E-state index contributed by atoms with van der Waals surface area (Å²) in [6.07, 6.45) is 1.29. The molecule has 0 amide bonds. The van der Waals surface area contributed by atoms with Crippen LogP contribution in [0.5, 0.6) is 0 Å². The van der Waals surface area contributed by atoms with Gasteiger partial charge in [-0.1, -0.05) is 6.08 Å². The minimum atomic E-state index is -0.366. The van der Waals surface area contributed by atoms with Gasteiger partial charge in [0.2, 0.25) is 0 Å². The van der Waals surface area contributed by atoms with Crippen LogP contribution < -0.4 is 0 Å². The molecule has 0 aliphatic rings. The van der Waals surface area contributed by atoms with E-state index in [0.717, 1.165) is 0 Å². The third-order valence-electron chi connectivity index (χ3n) is 0.595. The fourth-order valence-electron chi connectivity index (χ4n) is 0.322. The van der Waals surface area contributed by atoms with Crippen molar-refractivity contribution in [3.05, 3.63) is 12.7 Å². The SMILES string of the molecule is C=CCOC[C@H](C)O. The number of hydrogen-bond acceptors (Lipinski definition) is 2. The molecule has 0 saturated heterocycles. The minimum Gasteiger partial charge on any atom is -0.391 e. The smallest absolute Gasteiger partial charge is 0.0745 e. The zero-order chi connectivity index (χ0) is 6.41. The van der Waals surface area contributed by atoms with Crippen molar-refractivity contribution in [3.8, 4) is 0 Å². The summed E-state index contributed by atoms with van der Waals surface area (Å²) in [7, 11) is 0. The normalized spacial score (nSPS) is 13.2. The van der Waals surface area contributed by atoms with Gasteiger partial charge in [-0.2, -0.15) is 0 Å². The van der Waals surface area contributed by atoms with Gasteiger partial charge in [0, 0.05) is 0 Å². The van der Waals surface area contributed by atoms with Crippen molar-refractivity contribution in [2.24, 2.45) is 0 Å². The molecule has 0 unspecified atom stereocenters. The first kappa shape index (κ1) is 7.66. The molecule has 0 aromatic carbocycles. The molecule has 0 aliphatic carbocycles. The summed E-state index contributed by atoms with van der Waals surface area (Å²) in [4.78, 5) is 0. The van der Waals surface area contributed by atoms with E-state index in [1.165, 1.54) is 0 Å². The molecule has 0 aliphatic heterocycles. The molecule has 0 radical (unpaired) electrons. The van der Waals surface area contributed by atoms with Crippen LogP contribution in [0.1, 0.15) is 6.92 Å². The molecular weight excluding hydrogens is 104 g/mol. The van der Waals surface area contributed by atoms with E-state index >= 15 is 0 Å². The fourth-order valence-corrected chi connectivity index (χ4v) is 0.322. The lowest BCUT2D eigenvalue weighted by atomic mass is 10.4.